The molecule has 1 atom stereocenters. The number of rotatable bonds is 10. The molecule has 0 amide bonds. The van der Waals surface area contributed by atoms with Crippen LogP contribution in [0.25, 0.3) is 11.6 Å². The molecule has 0 radical (unpaired) electrons. The molecule has 0 aliphatic heterocycles. The molecule has 4 aromatic carbocycles. The Morgan fingerprint density at radius 3 is 1.70 bits per heavy atom. The summed E-state index contributed by atoms with van der Waals surface area (Å²) in [4.78, 5) is 0. The summed E-state index contributed by atoms with van der Waals surface area (Å²) in [7, 11) is 5.41. The maximum Gasteiger partial charge on any atom is 0.165 e. The van der Waals surface area contributed by atoms with Crippen LogP contribution in [0, 0.1) is 0 Å². The first kappa shape index (κ1) is 29.8. The molecule has 4 aromatic rings. The molecule has 5 rings (SSSR count). The fourth-order valence-corrected chi connectivity index (χ4v) is 7.49. The van der Waals surface area contributed by atoms with Crippen molar-refractivity contribution in [1.29, 1.82) is 0 Å². The van der Waals surface area contributed by atoms with E-state index >= 15 is 0 Å². The van der Waals surface area contributed by atoms with Crippen LogP contribution < -0.4 is 28.4 Å². The molecule has 8 nitrogen and oxygen atoms in total. The number of ether oxygens (including phenoxy) is 6. The van der Waals surface area contributed by atoms with Gasteiger partial charge in [0.25, 0.3) is 0 Å². The molecule has 1 aliphatic carbocycles. The summed E-state index contributed by atoms with van der Waals surface area (Å²) in [6.45, 7) is 0. The quantitative estimate of drug-likeness (QED) is 0.208. The van der Waals surface area contributed by atoms with Gasteiger partial charge in [0.05, 0.1) is 48.4 Å². The molecule has 0 aromatic heterocycles. The summed E-state index contributed by atoms with van der Waals surface area (Å²) in [5, 5.41) is -1.14. The number of fused-ring (bicyclic) bond motifs is 2. The van der Waals surface area contributed by atoms with Gasteiger partial charge in [-0.1, -0.05) is 24.3 Å². The van der Waals surface area contributed by atoms with Crippen molar-refractivity contribution in [3.63, 3.8) is 0 Å². The summed E-state index contributed by atoms with van der Waals surface area (Å²) >= 11 is 0. The van der Waals surface area contributed by atoms with Crippen molar-refractivity contribution in [2.24, 2.45) is 0 Å². The number of hydrogen-bond acceptors (Lipinski definition) is 8. The van der Waals surface area contributed by atoms with E-state index in [1.807, 2.05) is 36.4 Å². The molecule has 1 unspecified atom stereocenters. The third-order valence-corrected chi connectivity index (χ3v) is 9.51. The van der Waals surface area contributed by atoms with E-state index in [1.165, 1.54) is 7.11 Å². The zero-order valence-electron chi connectivity index (χ0n) is 25.0. The van der Waals surface area contributed by atoms with E-state index in [0.29, 0.717) is 62.3 Å². The van der Waals surface area contributed by atoms with Crippen molar-refractivity contribution in [2.75, 3.05) is 42.7 Å². The molecule has 0 N–H and O–H groups in total. The van der Waals surface area contributed by atoms with E-state index in [2.05, 4.69) is 0 Å². The third kappa shape index (κ3) is 5.72. The van der Waals surface area contributed by atoms with Crippen molar-refractivity contribution in [2.45, 2.75) is 11.0 Å². The van der Waals surface area contributed by atoms with Crippen molar-refractivity contribution >= 4 is 21.5 Å². The summed E-state index contributed by atoms with van der Waals surface area (Å²) in [6.07, 6.45) is 1.96. The fourth-order valence-electron chi connectivity index (χ4n) is 5.49. The largest absolute Gasteiger partial charge is 0.497 e. The van der Waals surface area contributed by atoms with Gasteiger partial charge in [-0.15, -0.1) is 0 Å². The second-order valence-corrected chi connectivity index (χ2v) is 12.0. The van der Waals surface area contributed by atoms with E-state index in [1.54, 1.807) is 78.0 Å². The second kappa shape index (κ2) is 12.3. The molecule has 0 heterocycles. The van der Waals surface area contributed by atoms with Gasteiger partial charge in [-0.25, -0.2) is 8.42 Å². The third-order valence-electron chi connectivity index (χ3n) is 7.57. The monoisotopic (exact) mass is 602 g/mol. The fraction of sp³-hybridized carbons (Fsp3) is 0.235. The first-order chi connectivity index (χ1) is 20.8. The van der Waals surface area contributed by atoms with E-state index in [4.69, 9.17) is 28.4 Å². The van der Waals surface area contributed by atoms with Gasteiger partial charge < -0.3 is 28.4 Å². The number of hydrogen-bond donors (Lipinski definition) is 0. The minimum Gasteiger partial charge on any atom is -0.497 e. The Labute approximate surface area is 252 Å². The molecular formula is C34H34O8S. The van der Waals surface area contributed by atoms with Gasteiger partial charge in [0.1, 0.15) is 39.7 Å². The molecular weight excluding hydrogens is 568 g/mol. The van der Waals surface area contributed by atoms with Gasteiger partial charge in [0.15, 0.2) is 9.84 Å². The Hall–Kier alpha value is -4.63. The highest BCUT2D eigenvalue weighted by Crippen LogP contribution is 2.51. The van der Waals surface area contributed by atoms with Crippen LogP contribution in [0.2, 0.25) is 0 Å². The van der Waals surface area contributed by atoms with Crippen molar-refractivity contribution in [3.05, 3.63) is 106 Å². The van der Waals surface area contributed by atoms with Gasteiger partial charge in [0.2, 0.25) is 0 Å². The van der Waals surface area contributed by atoms with Crippen LogP contribution in [0.1, 0.15) is 38.6 Å². The zero-order valence-corrected chi connectivity index (χ0v) is 25.8. The lowest BCUT2D eigenvalue weighted by Gasteiger charge is -2.25. The summed E-state index contributed by atoms with van der Waals surface area (Å²) in [6, 6.07) is 21.7. The molecule has 0 saturated carbocycles. The number of sulfone groups is 1. The van der Waals surface area contributed by atoms with Gasteiger partial charge in [-0.3, -0.25) is 0 Å². The maximum atomic E-state index is 14.7. The Morgan fingerprint density at radius 2 is 1.14 bits per heavy atom. The SMILES string of the molecule is COc1ccc(CS(=O)(=O)C2c3cc(OC)cc(OC)c3C(c3ccc(OC)cc3)=Cc3cc(OC)cc(OC)c32)cc1. The summed E-state index contributed by atoms with van der Waals surface area (Å²) < 4.78 is 63.1. The van der Waals surface area contributed by atoms with E-state index in [-0.39, 0.29) is 5.75 Å². The van der Waals surface area contributed by atoms with Crippen molar-refractivity contribution < 1.29 is 36.8 Å². The summed E-state index contributed by atoms with van der Waals surface area (Å²) in [5.41, 5.74) is 4.50. The van der Waals surface area contributed by atoms with Crippen LogP contribution in [-0.2, 0) is 15.6 Å². The molecule has 0 spiro atoms. The van der Waals surface area contributed by atoms with Crippen LogP contribution in [0.3, 0.4) is 0 Å². The topological polar surface area (TPSA) is 89.5 Å². The zero-order chi connectivity index (χ0) is 30.7. The smallest absolute Gasteiger partial charge is 0.165 e. The standard InChI is InChI=1S/C34H34O8S/c1-37-24-11-7-21(8-12-24)20-43(35,36)34-29-17-27(40-4)19-31(42-6)33(29)28(22-9-13-25(38-2)14-10-22)16-23-15-26(39-3)18-30(41-5)32(23)34/h7-19,34H,20H2,1-6H3. The Kier molecular flexibility index (Phi) is 8.54. The Balaban J connectivity index is 1.86. The lowest BCUT2D eigenvalue weighted by molar-refractivity contribution is 0.389. The molecule has 224 valence electrons. The normalized spacial score (nSPS) is 14.0. The predicted octanol–water partition coefficient (Wildman–Crippen LogP) is 6.34. The number of benzene rings is 4. The minimum absolute atomic E-state index is 0.229. The maximum absolute atomic E-state index is 14.7. The molecule has 0 bridgehead atoms. The predicted molar refractivity (Wildman–Crippen MR) is 167 cm³/mol. The van der Waals surface area contributed by atoms with Crippen LogP contribution in [0.5, 0.6) is 34.5 Å². The highest BCUT2D eigenvalue weighted by atomic mass is 32.2. The van der Waals surface area contributed by atoms with Crippen LogP contribution in [0.4, 0.5) is 0 Å². The van der Waals surface area contributed by atoms with Gasteiger partial charge in [-0.05, 0) is 70.3 Å². The average Bonchev–Trinajstić information content (AvgIpc) is 3.19. The second-order valence-electron chi connectivity index (χ2n) is 9.95. The minimum atomic E-state index is -3.95. The lowest BCUT2D eigenvalue weighted by Crippen LogP contribution is -2.20. The van der Waals surface area contributed by atoms with Crippen LogP contribution in [-0.4, -0.2) is 51.1 Å². The van der Waals surface area contributed by atoms with E-state index in [0.717, 1.165) is 11.1 Å². The van der Waals surface area contributed by atoms with Crippen molar-refractivity contribution in [3.8, 4) is 34.5 Å². The number of methoxy groups -OCH3 is 6. The molecule has 0 saturated heterocycles. The highest BCUT2D eigenvalue weighted by molar-refractivity contribution is 7.91. The first-order valence-electron chi connectivity index (χ1n) is 13.5. The van der Waals surface area contributed by atoms with Gasteiger partial charge >= 0.3 is 0 Å². The average molecular weight is 603 g/mol. The summed E-state index contributed by atoms with van der Waals surface area (Å²) in [5.74, 6) is 2.96. The van der Waals surface area contributed by atoms with Crippen LogP contribution in [0.15, 0.2) is 72.8 Å². The first-order valence-corrected chi connectivity index (χ1v) is 15.2. The molecule has 0 fully saturated rings. The molecule has 43 heavy (non-hydrogen) atoms. The Morgan fingerprint density at radius 1 is 0.605 bits per heavy atom. The molecule has 1 aliphatic rings. The van der Waals surface area contributed by atoms with Crippen molar-refractivity contribution in [1.82, 2.24) is 0 Å². The lowest BCUT2D eigenvalue weighted by atomic mass is 9.91. The highest BCUT2D eigenvalue weighted by Gasteiger charge is 2.39. The van der Waals surface area contributed by atoms with Gasteiger partial charge in [-0.2, -0.15) is 0 Å². The Bertz CT molecular complexity index is 1760. The van der Waals surface area contributed by atoms with E-state index in [9.17, 15) is 8.42 Å². The molecule has 9 heteroatoms. The van der Waals surface area contributed by atoms with E-state index < -0.39 is 15.1 Å². The van der Waals surface area contributed by atoms with Crippen LogP contribution >= 0.6 is 0 Å². The van der Waals surface area contributed by atoms with Gasteiger partial charge in [0, 0.05) is 23.3 Å².